The van der Waals surface area contributed by atoms with E-state index in [2.05, 4.69) is 39.0 Å². The summed E-state index contributed by atoms with van der Waals surface area (Å²) < 4.78 is 14.4. The SMILES string of the molecule is CC(=O)O[C@@]12CC[C@H](N(C)C(=O)/C=C/c3cc(Br)cs3)[C@@H]3Oc4cccc5c4[C@@]31CCN(CC1CC1)[C@@H]2C5. The Bertz CT molecular complexity index is 1340. The molecule has 2 aromatic rings. The standard InChI is InChI=1S/C30H33BrN2O4S/c1-18(34)37-30-11-10-23(32(2)26(35)9-8-22-15-21(31)17-38-22)28-29(30)12-13-33(16-19-6-7-19)25(30)14-20-4-3-5-24(36-28)27(20)29/h3-5,8-9,15,17,19,23,25,28H,6-7,10-14,16H2,1-2H3/b9-8+/t23-,25+,28-,29-,30+/m0/s1. The van der Waals surface area contributed by atoms with E-state index in [1.54, 1.807) is 24.3 Å². The maximum absolute atomic E-state index is 13.4. The van der Waals surface area contributed by atoms with E-state index in [4.69, 9.17) is 9.47 Å². The Hall–Kier alpha value is -2.16. The van der Waals surface area contributed by atoms with Crippen molar-refractivity contribution in [1.29, 1.82) is 0 Å². The van der Waals surface area contributed by atoms with E-state index in [1.807, 2.05) is 29.5 Å². The smallest absolute Gasteiger partial charge is 0.303 e. The van der Waals surface area contributed by atoms with Gasteiger partial charge in [0.05, 0.1) is 17.5 Å². The average molecular weight is 598 g/mol. The highest BCUT2D eigenvalue weighted by molar-refractivity contribution is 9.10. The van der Waals surface area contributed by atoms with Gasteiger partial charge in [-0.2, -0.15) is 0 Å². The minimum Gasteiger partial charge on any atom is -0.487 e. The lowest BCUT2D eigenvalue weighted by atomic mass is 9.48. The summed E-state index contributed by atoms with van der Waals surface area (Å²) in [6.07, 6.45) is 9.10. The number of benzene rings is 1. The summed E-state index contributed by atoms with van der Waals surface area (Å²) in [7, 11) is 1.90. The number of ether oxygens (including phenoxy) is 2. The molecule has 5 aliphatic rings. The molecule has 1 saturated heterocycles. The molecule has 0 radical (unpaired) electrons. The van der Waals surface area contributed by atoms with E-state index in [9.17, 15) is 9.59 Å². The first-order valence-corrected chi connectivity index (χ1v) is 15.4. The zero-order valence-corrected chi connectivity index (χ0v) is 24.2. The highest BCUT2D eigenvalue weighted by atomic mass is 79.9. The van der Waals surface area contributed by atoms with Crippen LogP contribution in [0.3, 0.4) is 0 Å². The number of carbonyl (C=O) groups is 2. The quantitative estimate of drug-likeness (QED) is 0.339. The fourth-order valence-corrected chi connectivity index (χ4v) is 9.44. The van der Waals surface area contributed by atoms with Crippen LogP contribution >= 0.6 is 27.3 Å². The van der Waals surface area contributed by atoms with E-state index < -0.39 is 11.0 Å². The molecule has 6 nitrogen and oxygen atoms in total. The third-order valence-corrected chi connectivity index (χ3v) is 11.4. The second-order valence-electron chi connectivity index (χ2n) is 11.7. The molecular formula is C30H33BrN2O4S. The summed E-state index contributed by atoms with van der Waals surface area (Å²) in [6, 6.07) is 8.42. The molecule has 38 heavy (non-hydrogen) atoms. The highest BCUT2D eigenvalue weighted by Crippen LogP contribution is 2.66. The number of thiophene rings is 1. The fraction of sp³-hybridized carbons (Fsp3) is 0.533. The zero-order valence-electron chi connectivity index (χ0n) is 21.8. The van der Waals surface area contributed by atoms with Gasteiger partial charge in [0.2, 0.25) is 5.91 Å². The van der Waals surface area contributed by atoms with Crippen molar-refractivity contribution in [2.75, 3.05) is 20.1 Å². The van der Waals surface area contributed by atoms with Crippen LogP contribution in [0.5, 0.6) is 5.75 Å². The van der Waals surface area contributed by atoms with E-state index in [0.29, 0.717) is 0 Å². The first-order valence-electron chi connectivity index (χ1n) is 13.7. The van der Waals surface area contributed by atoms with E-state index in [0.717, 1.165) is 59.8 Å². The molecule has 3 fully saturated rings. The van der Waals surface area contributed by atoms with E-state index >= 15 is 0 Å². The predicted octanol–water partition coefficient (Wildman–Crippen LogP) is 5.19. The molecule has 200 valence electrons. The molecule has 1 aromatic carbocycles. The number of hydrogen-bond acceptors (Lipinski definition) is 6. The number of hydrogen-bond donors (Lipinski definition) is 0. The van der Waals surface area contributed by atoms with Crippen molar-refractivity contribution in [1.82, 2.24) is 9.80 Å². The van der Waals surface area contributed by atoms with Crippen molar-refractivity contribution < 1.29 is 19.1 Å². The van der Waals surface area contributed by atoms with Gasteiger partial charge >= 0.3 is 5.97 Å². The van der Waals surface area contributed by atoms with Gasteiger partial charge in [-0.3, -0.25) is 14.5 Å². The first kappa shape index (κ1) is 24.9. The molecule has 5 atom stereocenters. The predicted molar refractivity (Wildman–Crippen MR) is 150 cm³/mol. The number of esters is 1. The van der Waals surface area contributed by atoms with Crippen molar-refractivity contribution >= 4 is 45.2 Å². The number of piperidine rings is 1. The third kappa shape index (κ3) is 3.59. The van der Waals surface area contributed by atoms with Crippen LogP contribution in [0.2, 0.25) is 0 Å². The van der Waals surface area contributed by atoms with E-state index in [1.165, 1.54) is 24.0 Å². The second kappa shape index (κ2) is 8.93. The number of carbonyl (C=O) groups excluding carboxylic acids is 2. The van der Waals surface area contributed by atoms with Crippen LogP contribution < -0.4 is 4.74 Å². The van der Waals surface area contributed by atoms with Gasteiger partial charge < -0.3 is 14.4 Å². The summed E-state index contributed by atoms with van der Waals surface area (Å²) in [5.74, 6) is 1.42. The Morgan fingerprint density at radius 2 is 2.13 bits per heavy atom. The van der Waals surface area contributed by atoms with Gasteiger partial charge in [0, 0.05) is 46.9 Å². The average Bonchev–Trinajstić information content (AvgIpc) is 3.50. The number of nitrogens with zero attached hydrogens (tertiary/aromatic N) is 2. The molecule has 3 heterocycles. The second-order valence-corrected chi connectivity index (χ2v) is 13.6. The van der Waals surface area contributed by atoms with Crippen LogP contribution in [0.25, 0.3) is 6.08 Å². The summed E-state index contributed by atoms with van der Waals surface area (Å²) >= 11 is 5.08. The Kier molecular flexibility index (Phi) is 5.84. The van der Waals surface area contributed by atoms with Gasteiger partial charge in [0.1, 0.15) is 17.5 Å². The number of rotatable bonds is 6. The Morgan fingerprint density at radius 1 is 1.29 bits per heavy atom. The van der Waals surface area contributed by atoms with Gasteiger partial charge in [-0.05, 0) is 90.7 Å². The van der Waals surface area contributed by atoms with Crippen LogP contribution in [-0.2, 0) is 26.2 Å². The van der Waals surface area contributed by atoms with Crippen LogP contribution in [0, 0.1) is 5.92 Å². The molecule has 2 bridgehead atoms. The van der Waals surface area contributed by atoms with Gasteiger partial charge in [-0.1, -0.05) is 12.1 Å². The summed E-state index contributed by atoms with van der Waals surface area (Å²) in [5.41, 5.74) is 1.46. The highest BCUT2D eigenvalue weighted by Gasteiger charge is 2.75. The molecular weight excluding hydrogens is 564 g/mol. The molecule has 1 aromatic heterocycles. The topological polar surface area (TPSA) is 59.1 Å². The lowest BCUT2D eigenvalue weighted by Crippen LogP contribution is -2.79. The van der Waals surface area contributed by atoms with Crippen LogP contribution in [-0.4, -0.2) is 65.6 Å². The van der Waals surface area contributed by atoms with Gasteiger partial charge in [-0.25, -0.2) is 0 Å². The first-order chi connectivity index (χ1) is 18.3. The molecule has 3 aliphatic carbocycles. The molecule has 0 unspecified atom stereocenters. The molecule has 8 heteroatoms. The van der Waals surface area contributed by atoms with Crippen LogP contribution in [0.4, 0.5) is 0 Å². The maximum atomic E-state index is 13.4. The third-order valence-electron chi connectivity index (χ3n) is 9.74. The summed E-state index contributed by atoms with van der Waals surface area (Å²) in [4.78, 5) is 31.7. The largest absolute Gasteiger partial charge is 0.487 e. The molecule has 2 aliphatic heterocycles. The minimum absolute atomic E-state index is 0.0331. The maximum Gasteiger partial charge on any atom is 0.303 e. The van der Waals surface area contributed by atoms with Crippen molar-refractivity contribution in [2.45, 2.75) is 74.7 Å². The van der Waals surface area contributed by atoms with Crippen molar-refractivity contribution in [2.24, 2.45) is 5.92 Å². The van der Waals surface area contributed by atoms with Gasteiger partial charge in [0.15, 0.2) is 0 Å². The molecule has 1 amide bonds. The number of halogens is 1. The summed E-state index contributed by atoms with van der Waals surface area (Å²) in [5, 5.41) is 2.01. The van der Waals surface area contributed by atoms with Crippen LogP contribution in [0.1, 0.15) is 55.0 Å². The molecule has 0 N–H and O–H groups in total. The fourth-order valence-electron chi connectivity index (χ4n) is 8.11. The summed E-state index contributed by atoms with van der Waals surface area (Å²) in [6.45, 7) is 3.60. The molecule has 7 rings (SSSR count). The monoisotopic (exact) mass is 596 g/mol. The Labute approximate surface area is 236 Å². The minimum atomic E-state index is -0.643. The molecule has 1 spiro atoms. The van der Waals surface area contributed by atoms with Crippen molar-refractivity contribution in [3.63, 3.8) is 0 Å². The van der Waals surface area contributed by atoms with Crippen molar-refractivity contribution in [3.05, 3.63) is 56.2 Å². The van der Waals surface area contributed by atoms with Crippen LogP contribution in [0.15, 0.2) is 40.2 Å². The zero-order chi connectivity index (χ0) is 26.2. The lowest BCUT2D eigenvalue weighted by Gasteiger charge is -2.65. The molecule has 2 saturated carbocycles. The normalized spacial score (nSPS) is 33.1. The van der Waals surface area contributed by atoms with Crippen molar-refractivity contribution in [3.8, 4) is 5.75 Å². The Balaban J connectivity index is 1.28. The number of likely N-dealkylation sites (tertiary alicyclic amines) is 1. The lowest BCUT2D eigenvalue weighted by molar-refractivity contribution is -0.223. The van der Waals surface area contributed by atoms with Gasteiger partial charge in [-0.15, -0.1) is 11.3 Å². The number of likely N-dealkylation sites (N-methyl/N-ethyl adjacent to an activating group) is 1. The van der Waals surface area contributed by atoms with E-state index in [-0.39, 0.29) is 30.1 Å². The number of amides is 1. The van der Waals surface area contributed by atoms with Gasteiger partial charge in [0.25, 0.3) is 0 Å². The Morgan fingerprint density at radius 3 is 2.87 bits per heavy atom.